The topological polar surface area (TPSA) is 38.0 Å². The van der Waals surface area contributed by atoms with Crippen LogP contribution in [0.25, 0.3) is 0 Å². The number of nitrogen functional groups attached to an aromatic ring is 1. The Kier molecular flexibility index (Phi) is 4.41. The van der Waals surface area contributed by atoms with Crippen molar-refractivity contribution >= 4 is 34.6 Å². The molecule has 0 aliphatic rings. The number of halogens is 3. The van der Waals surface area contributed by atoms with E-state index in [1.807, 2.05) is 12.1 Å². The maximum Gasteiger partial charge on any atom is 0.129 e. The molecule has 2 aromatic rings. The Hall–Kier alpha value is -1.45. The summed E-state index contributed by atoms with van der Waals surface area (Å²) in [7, 11) is 0. The smallest absolute Gasteiger partial charge is 0.129 e. The number of hydrogen-bond donors (Lipinski definition) is 2. The predicted molar refractivity (Wildman–Crippen MR) is 84.1 cm³/mol. The van der Waals surface area contributed by atoms with Crippen LogP contribution in [0.15, 0.2) is 24.3 Å². The number of hydrogen-bond acceptors (Lipinski definition) is 2. The van der Waals surface area contributed by atoms with E-state index in [0.29, 0.717) is 39.1 Å². The maximum atomic E-state index is 13.6. The van der Waals surface area contributed by atoms with Gasteiger partial charge in [-0.15, -0.1) is 0 Å². The molecule has 0 heterocycles. The van der Waals surface area contributed by atoms with Gasteiger partial charge in [0.2, 0.25) is 0 Å². The van der Waals surface area contributed by atoms with Crippen LogP contribution in [0.1, 0.15) is 16.7 Å². The summed E-state index contributed by atoms with van der Waals surface area (Å²) in [6, 6.07) is 6.90. The van der Waals surface area contributed by atoms with Gasteiger partial charge >= 0.3 is 0 Å². The van der Waals surface area contributed by atoms with Gasteiger partial charge in [0.25, 0.3) is 0 Å². The summed E-state index contributed by atoms with van der Waals surface area (Å²) in [5.74, 6) is -0.164. The van der Waals surface area contributed by atoms with Gasteiger partial charge in [-0.25, -0.2) is 4.39 Å². The number of nitrogens with two attached hydrogens (primary N) is 1. The molecule has 0 spiro atoms. The van der Waals surface area contributed by atoms with E-state index in [9.17, 15) is 4.39 Å². The van der Waals surface area contributed by atoms with Crippen molar-refractivity contribution in [1.29, 1.82) is 0 Å². The predicted octanol–water partition coefficient (Wildman–Crippen LogP) is 4.94. The second-order valence-electron chi connectivity index (χ2n) is 4.75. The van der Waals surface area contributed by atoms with Gasteiger partial charge in [0, 0.05) is 6.54 Å². The third-order valence-corrected chi connectivity index (χ3v) is 3.79. The maximum absolute atomic E-state index is 13.6. The summed E-state index contributed by atoms with van der Waals surface area (Å²) in [6.07, 6.45) is 0. The van der Waals surface area contributed by atoms with Gasteiger partial charge < -0.3 is 11.1 Å². The van der Waals surface area contributed by atoms with Crippen LogP contribution in [0.2, 0.25) is 10.0 Å². The van der Waals surface area contributed by atoms with Crippen molar-refractivity contribution in [2.75, 3.05) is 11.1 Å². The van der Waals surface area contributed by atoms with Gasteiger partial charge in [0.05, 0.1) is 21.4 Å². The normalized spacial score (nSPS) is 10.7. The lowest BCUT2D eigenvalue weighted by atomic mass is 10.1. The Morgan fingerprint density at radius 1 is 1.05 bits per heavy atom. The van der Waals surface area contributed by atoms with E-state index in [2.05, 4.69) is 5.32 Å². The number of benzene rings is 2. The lowest BCUT2D eigenvalue weighted by Crippen LogP contribution is -2.04. The number of anilines is 2. The zero-order valence-corrected chi connectivity index (χ0v) is 12.7. The zero-order chi connectivity index (χ0) is 14.9. The van der Waals surface area contributed by atoms with E-state index < -0.39 is 0 Å². The highest BCUT2D eigenvalue weighted by atomic mass is 35.5. The molecule has 0 unspecified atom stereocenters. The van der Waals surface area contributed by atoms with E-state index in [4.69, 9.17) is 28.9 Å². The molecule has 0 saturated carbocycles. The van der Waals surface area contributed by atoms with E-state index in [-0.39, 0.29) is 5.82 Å². The number of aryl methyl sites for hydroxylation is 2. The monoisotopic (exact) mass is 312 g/mol. The Labute approximate surface area is 127 Å². The van der Waals surface area contributed by atoms with Crippen molar-refractivity contribution in [1.82, 2.24) is 0 Å². The average Bonchev–Trinajstić information content (AvgIpc) is 2.38. The lowest BCUT2D eigenvalue weighted by Gasteiger charge is -2.12. The Morgan fingerprint density at radius 2 is 1.60 bits per heavy atom. The lowest BCUT2D eigenvalue weighted by molar-refractivity contribution is 0.608. The molecule has 0 atom stereocenters. The molecule has 106 valence electrons. The molecular weight excluding hydrogens is 298 g/mol. The highest BCUT2D eigenvalue weighted by molar-refractivity contribution is 6.42. The van der Waals surface area contributed by atoms with Crippen LogP contribution in [0, 0.1) is 19.7 Å². The molecule has 0 aromatic heterocycles. The Balaban J connectivity index is 2.19. The fraction of sp³-hybridized carbons (Fsp3) is 0.200. The van der Waals surface area contributed by atoms with Crippen LogP contribution in [-0.4, -0.2) is 0 Å². The summed E-state index contributed by atoms with van der Waals surface area (Å²) in [4.78, 5) is 0. The summed E-state index contributed by atoms with van der Waals surface area (Å²) in [5, 5.41) is 4.04. The quantitative estimate of drug-likeness (QED) is 0.787. The van der Waals surface area contributed by atoms with Crippen molar-refractivity contribution in [3.8, 4) is 0 Å². The Bertz CT molecular complexity index is 634. The highest BCUT2D eigenvalue weighted by Gasteiger charge is 2.07. The first-order valence-corrected chi connectivity index (χ1v) is 6.88. The van der Waals surface area contributed by atoms with Crippen LogP contribution < -0.4 is 11.1 Å². The van der Waals surface area contributed by atoms with Gasteiger partial charge in [-0.3, -0.25) is 0 Å². The van der Waals surface area contributed by atoms with E-state index in [1.165, 1.54) is 0 Å². The second kappa shape index (κ2) is 5.90. The molecule has 20 heavy (non-hydrogen) atoms. The fourth-order valence-electron chi connectivity index (χ4n) is 2.05. The first kappa shape index (κ1) is 14.9. The van der Waals surface area contributed by atoms with Crippen molar-refractivity contribution in [2.24, 2.45) is 0 Å². The fourth-order valence-corrected chi connectivity index (χ4v) is 2.39. The third-order valence-electron chi connectivity index (χ3n) is 3.07. The molecule has 2 nitrogen and oxygen atoms in total. The van der Waals surface area contributed by atoms with Crippen LogP contribution in [0.5, 0.6) is 0 Å². The van der Waals surface area contributed by atoms with Crippen molar-refractivity contribution < 1.29 is 4.39 Å². The van der Waals surface area contributed by atoms with Crippen LogP contribution in [-0.2, 0) is 6.54 Å². The molecular formula is C15H15Cl2FN2. The largest absolute Gasteiger partial charge is 0.397 e. The Morgan fingerprint density at radius 3 is 2.20 bits per heavy atom. The molecule has 3 N–H and O–H groups in total. The average molecular weight is 313 g/mol. The van der Waals surface area contributed by atoms with Crippen molar-refractivity contribution in [2.45, 2.75) is 20.4 Å². The third kappa shape index (κ3) is 3.17. The molecule has 0 saturated heterocycles. The van der Waals surface area contributed by atoms with E-state index >= 15 is 0 Å². The standard InChI is InChI=1S/C15H15Cl2FN2/c1-8-3-10(4-9(2)15(8)18)7-20-14-6-12(17)11(16)5-13(14)19/h3-6,20H,7,19H2,1-2H3. The second-order valence-corrected chi connectivity index (χ2v) is 5.57. The summed E-state index contributed by atoms with van der Waals surface area (Å²) in [5.41, 5.74) is 9.34. The molecule has 0 aliphatic carbocycles. The minimum absolute atomic E-state index is 0.164. The molecule has 0 amide bonds. The molecule has 2 rings (SSSR count). The number of nitrogens with one attached hydrogen (secondary N) is 1. The van der Waals surface area contributed by atoms with Crippen LogP contribution >= 0.6 is 23.2 Å². The summed E-state index contributed by atoms with van der Waals surface area (Å²) >= 11 is 11.8. The highest BCUT2D eigenvalue weighted by Crippen LogP contribution is 2.31. The molecule has 0 fully saturated rings. The first-order chi connectivity index (χ1) is 9.38. The molecule has 0 aliphatic heterocycles. The first-order valence-electron chi connectivity index (χ1n) is 6.12. The van der Waals surface area contributed by atoms with Crippen molar-refractivity contribution in [3.05, 3.63) is 56.8 Å². The molecule has 0 bridgehead atoms. The van der Waals surface area contributed by atoms with Gasteiger partial charge in [0.1, 0.15) is 5.82 Å². The SMILES string of the molecule is Cc1cc(CNc2cc(Cl)c(Cl)cc2N)cc(C)c1F. The zero-order valence-electron chi connectivity index (χ0n) is 11.2. The number of rotatable bonds is 3. The minimum Gasteiger partial charge on any atom is -0.397 e. The van der Waals surface area contributed by atoms with Crippen molar-refractivity contribution in [3.63, 3.8) is 0 Å². The van der Waals surface area contributed by atoms with Gasteiger partial charge in [-0.2, -0.15) is 0 Å². The van der Waals surface area contributed by atoms with E-state index in [0.717, 1.165) is 5.56 Å². The van der Waals surface area contributed by atoms with Gasteiger partial charge in [0.15, 0.2) is 0 Å². The summed E-state index contributed by atoms with van der Waals surface area (Å²) in [6.45, 7) is 4.03. The van der Waals surface area contributed by atoms with Crippen LogP contribution in [0.4, 0.5) is 15.8 Å². The molecule has 0 radical (unpaired) electrons. The van der Waals surface area contributed by atoms with Gasteiger partial charge in [-0.1, -0.05) is 35.3 Å². The molecule has 2 aromatic carbocycles. The van der Waals surface area contributed by atoms with Gasteiger partial charge in [-0.05, 0) is 42.7 Å². The minimum atomic E-state index is -0.164. The van der Waals surface area contributed by atoms with Crippen LogP contribution in [0.3, 0.4) is 0 Å². The summed E-state index contributed by atoms with van der Waals surface area (Å²) < 4.78 is 13.6. The van der Waals surface area contributed by atoms with E-state index in [1.54, 1.807) is 26.0 Å². The molecule has 5 heteroatoms.